The van der Waals surface area contributed by atoms with Gasteiger partial charge in [-0.1, -0.05) is 34.1 Å². The first kappa shape index (κ1) is 14.6. The third kappa shape index (κ3) is 2.71. The van der Waals surface area contributed by atoms with Gasteiger partial charge in [0.1, 0.15) is 0 Å². The van der Waals surface area contributed by atoms with E-state index in [4.69, 9.17) is 0 Å². The first-order valence-corrected chi connectivity index (χ1v) is 7.60. The van der Waals surface area contributed by atoms with Crippen LogP contribution in [0.25, 0.3) is 5.95 Å². The molecule has 0 bridgehead atoms. The zero-order valence-electron chi connectivity index (χ0n) is 12.5. The quantitative estimate of drug-likeness (QED) is 0.676. The minimum atomic E-state index is 0.575. The summed E-state index contributed by atoms with van der Waals surface area (Å²) in [6.45, 7) is 5.78. The molecule has 6 nitrogen and oxygen atoms in total. The van der Waals surface area contributed by atoms with Crippen molar-refractivity contribution in [3.05, 3.63) is 57.6 Å². The smallest absolute Gasteiger partial charge is 0.202 e. The number of hydrogen-bond acceptors (Lipinski definition) is 4. The normalized spacial score (nSPS) is 11.5. The molecule has 0 unspecified atom stereocenters. The summed E-state index contributed by atoms with van der Waals surface area (Å²) in [5.41, 5.74) is 2.90. The minimum Gasteiger partial charge on any atom is -0.202 e. The predicted molar refractivity (Wildman–Crippen MR) is 88.5 cm³/mol. The van der Waals surface area contributed by atoms with E-state index in [-0.39, 0.29) is 0 Å². The van der Waals surface area contributed by atoms with Crippen LogP contribution in [-0.4, -0.2) is 30.9 Å². The summed E-state index contributed by atoms with van der Waals surface area (Å²) in [5, 5.41) is 17.2. The molecule has 3 rings (SSSR count). The molecule has 0 saturated carbocycles. The Balaban J connectivity index is 2.04. The molecule has 112 valence electrons. The fourth-order valence-electron chi connectivity index (χ4n) is 2.14. The second-order valence-corrected chi connectivity index (χ2v) is 5.82. The van der Waals surface area contributed by atoms with Gasteiger partial charge < -0.3 is 0 Å². The first-order valence-electron chi connectivity index (χ1n) is 6.81. The Morgan fingerprint density at radius 3 is 2.59 bits per heavy atom. The molecule has 1 aromatic carbocycles. The van der Waals surface area contributed by atoms with Gasteiger partial charge in [-0.25, -0.2) is 4.68 Å². The van der Waals surface area contributed by atoms with E-state index >= 15 is 0 Å². The highest BCUT2D eigenvalue weighted by Gasteiger charge is 2.13. The zero-order valence-corrected chi connectivity index (χ0v) is 14.1. The van der Waals surface area contributed by atoms with Crippen molar-refractivity contribution in [1.29, 1.82) is 0 Å². The van der Waals surface area contributed by atoms with Gasteiger partial charge in [-0.2, -0.15) is 14.9 Å². The summed E-state index contributed by atoms with van der Waals surface area (Å²) in [6.07, 6.45) is 1.77. The Bertz CT molecular complexity index is 846. The van der Waals surface area contributed by atoms with Crippen LogP contribution in [0.3, 0.4) is 0 Å². The number of aryl methyl sites for hydroxylation is 3. The molecule has 22 heavy (non-hydrogen) atoms. The molecule has 0 N–H and O–H groups in total. The molecular formula is C15H15BrN6. The molecule has 0 aliphatic rings. The van der Waals surface area contributed by atoms with Crippen LogP contribution >= 0.6 is 15.9 Å². The topological polar surface area (TPSA) is 60.9 Å². The summed E-state index contributed by atoms with van der Waals surface area (Å²) in [4.78, 5) is 0. The Kier molecular flexibility index (Phi) is 3.89. The standard InChI is InChI=1S/C15H15BrN6/c1-10-8-11(2)21(20-10)15-19-18-12(3)22(15)17-9-13-6-4-5-7-14(13)16/h4-9H,1-3H3. The van der Waals surface area contributed by atoms with Crippen LogP contribution in [0.5, 0.6) is 0 Å². The highest BCUT2D eigenvalue weighted by atomic mass is 79.9. The van der Waals surface area contributed by atoms with Crippen LogP contribution in [0, 0.1) is 20.8 Å². The Labute approximate surface area is 136 Å². The third-order valence-electron chi connectivity index (χ3n) is 3.20. The van der Waals surface area contributed by atoms with Crippen LogP contribution in [0.2, 0.25) is 0 Å². The number of hydrogen-bond donors (Lipinski definition) is 0. The highest BCUT2D eigenvalue weighted by molar-refractivity contribution is 9.10. The summed E-state index contributed by atoms with van der Waals surface area (Å²) in [7, 11) is 0. The van der Waals surface area contributed by atoms with Crippen molar-refractivity contribution in [3.63, 3.8) is 0 Å². The molecule has 0 fully saturated rings. The second-order valence-electron chi connectivity index (χ2n) is 4.96. The van der Waals surface area contributed by atoms with Crippen molar-refractivity contribution in [2.45, 2.75) is 20.8 Å². The molecule has 0 radical (unpaired) electrons. The van der Waals surface area contributed by atoms with Gasteiger partial charge in [0.25, 0.3) is 5.95 Å². The zero-order chi connectivity index (χ0) is 15.7. The molecule has 0 atom stereocenters. The number of benzene rings is 1. The first-order chi connectivity index (χ1) is 10.6. The van der Waals surface area contributed by atoms with E-state index in [1.807, 2.05) is 51.1 Å². The highest BCUT2D eigenvalue weighted by Crippen LogP contribution is 2.15. The third-order valence-corrected chi connectivity index (χ3v) is 3.92. The molecule has 0 saturated heterocycles. The number of halogens is 1. The monoisotopic (exact) mass is 358 g/mol. The molecule has 2 heterocycles. The van der Waals surface area contributed by atoms with Crippen LogP contribution in [-0.2, 0) is 0 Å². The van der Waals surface area contributed by atoms with Gasteiger partial charge >= 0.3 is 0 Å². The summed E-state index contributed by atoms with van der Waals surface area (Å²) >= 11 is 3.51. The van der Waals surface area contributed by atoms with Crippen molar-refractivity contribution in [2.24, 2.45) is 5.10 Å². The number of aromatic nitrogens is 5. The summed E-state index contributed by atoms with van der Waals surface area (Å²) in [6, 6.07) is 9.88. The van der Waals surface area contributed by atoms with Crippen LogP contribution in [0.4, 0.5) is 0 Å². The Morgan fingerprint density at radius 1 is 1.14 bits per heavy atom. The molecule has 0 aliphatic carbocycles. The lowest BCUT2D eigenvalue weighted by atomic mass is 10.2. The van der Waals surface area contributed by atoms with Crippen molar-refractivity contribution < 1.29 is 0 Å². The molecule has 0 aliphatic heterocycles. The predicted octanol–water partition coefficient (Wildman–Crippen LogP) is 3.03. The minimum absolute atomic E-state index is 0.575. The lowest BCUT2D eigenvalue weighted by molar-refractivity contribution is 0.708. The van der Waals surface area contributed by atoms with Gasteiger partial charge in [0, 0.05) is 15.7 Å². The molecule has 0 spiro atoms. The number of nitrogens with zero attached hydrogens (tertiary/aromatic N) is 6. The van der Waals surface area contributed by atoms with Crippen LogP contribution in [0.1, 0.15) is 22.8 Å². The molecular weight excluding hydrogens is 344 g/mol. The van der Waals surface area contributed by atoms with Gasteiger partial charge in [0.15, 0.2) is 5.82 Å². The van der Waals surface area contributed by atoms with Gasteiger partial charge in [-0.3, -0.25) is 0 Å². The van der Waals surface area contributed by atoms with Gasteiger partial charge in [-0.05, 0) is 32.9 Å². The maximum atomic E-state index is 4.50. The Hall–Kier alpha value is -2.28. The van der Waals surface area contributed by atoms with E-state index in [0.29, 0.717) is 11.8 Å². The summed E-state index contributed by atoms with van der Waals surface area (Å²) in [5.74, 6) is 1.28. The fourth-order valence-corrected chi connectivity index (χ4v) is 2.53. The largest absolute Gasteiger partial charge is 0.273 e. The van der Waals surface area contributed by atoms with Crippen molar-refractivity contribution in [2.75, 3.05) is 0 Å². The molecule has 0 amide bonds. The van der Waals surface area contributed by atoms with Crippen molar-refractivity contribution >= 4 is 22.1 Å². The average molecular weight is 359 g/mol. The number of rotatable bonds is 3. The Morgan fingerprint density at radius 2 is 1.91 bits per heavy atom. The van der Waals surface area contributed by atoms with E-state index in [0.717, 1.165) is 21.4 Å². The average Bonchev–Trinajstić information content (AvgIpc) is 3.00. The van der Waals surface area contributed by atoms with Gasteiger partial charge in [0.05, 0.1) is 11.9 Å². The maximum Gasteiger partial charge on any atom is 0.273 e. The molecule has 2 aromatic heterocycles. The van der Waals surface area contributed by atoms with E-state index in [1.54, 1.807) is 15.6 Å². The lowest BCUT2D eigenvalue weighted by Gasteiger charge is -2.04. The summed E-state index contributed by atoms with van der Waals surface area (Å²) < 4.78 is 4.41. The van der Waals surface area contributed by atoms with Gasteiger partial charge in [-0.15, -0.1) is 10.2 Å². The maximum absolute atomic E-state index is 4.50. The van der Waals surface area contributed by atoms with Crippen molar-refractivity contribution in [3.8, 4) is 5.95 Å². The van der Waals surface area contributed by atoms with E-state index in [2.05, 4.69) is 36.3 Å². The second kappa shape index (κ2) is 5.84. The van der Waals surface area contributed by atoms with Crippen LogP contribution < -0.4 is 0 Å². The molecule has 3 aromatic rings. The van der Waals surface area contributed by atoms with E-state index in [9.17, 15) is 0 Å². The molecule has 7 heteroatoms. The SMILES string of the molecule is Cc1cc(C)n(-c2nnc(C)n2N=Cc2ccccc2Br)n1. The fraction of sp³-hybridized carbons (Fsp3) is 0.200. The van der Waals surface area contributed by atoms with Crippen molar-refractivity contribution in [1.82, 2.24) is 24.7 Å². The van der Waals surface area contributed by atoms with Crippen LogP contribution in [0.15, 0.2) is 39.9 Å². The van der Waals surface area contributed by atoms with E-state index < -0.39 is 0 Å². The van der Waals surface area contributed by atoms with Gasteiger partial charge in [0.2, 0.25) is 0 Å². The lowest BCUT2D eigenvalue weighted by Crippen LogP contribution is -2.08. The van der Waals surface area contributed by atoms with E-state index in [1.165, 1.54) is 0 Å².